The second kappa shape index (κ2) is 6.74. The lowest BCUT2D eigenvalue weighted by molar-refractivity contribution is -0.145. The first kappa shape index (κ1) is 16.2. The standard InChI is InChI=1S/C13H16ClNO5S/c14-10-1-3-12(4-2-10)21(18,19)15-7-5-11(6-8-15)20-9-13(16)17/h1-4,11H,5-9H2,(H,16,17). The van der Waals surface area contributed by atoms with Crippen LogP contribution in [0.4, 0.5) is 0 Å². The summed E-state index contributed by atoms with van der Waals surface area (Å²) in [6, 6.07) is 6.03. The molecule has 21 heavy (non-hydrogen) atoms. The van der Waals surface area contributed by atoms with E-state index >= 15 is 0 Å². The van der Waals surface area contributed by atoms with Crippen molar-refractivity contribution in [3.63, 3.8) is 0 Å². The maximum Gasteiger partial charge on any atom is 0.329 e. The van der Waals surface area contributed by atoms with Crippen molar-refractivity contribution in [3.8, 4) is 0 Å². The maximum absolute atomic E-state index is 12.4. The molecule has 0 atom stereocenters. The average Bonchev–Trinajstić information content (AvgIpc) is 2.46. The van der Waals surface area contributed by atoms with Gasteiger partial charge in [0.2, 0.25) is 10.0 Å². The summed E-state index contributed by atoms with van der Waals surface area (Å²) < 4.78 is 31.4. The normalized spacial score (nSPS) is 17.8. The third kappa shape index (κ3) is 4.16. The summed E-state index contributed by atoms with van der Waals surface area (Å²) in [4.78, 5) is 10.6. The second-order valence-electron chi connectivity index (χ2n) is 4.76. The molecule has 1 heterocycles. The lowest BCUT2D eigenvalue weighted by Gasteiger charge is -2.30. The number of nitrogens with zero attached hydrogens (tertiary/aromatic N) is 1. The van der Waals surface area contributed by atoms with Crippen molar-refractivity contribution in [1.29, 1.82) is 0 Å². The minimum atomic E-state index is -3.53. The van der Waals surface area contributed by atoms with Gasteiger partial charge < -0.3 is 9.84 Å². The molecule has 1 fully saturated rings. The lowest BCUT2D eigenvalue weighted by atomic mass is 10.1. The summed E-state index contributed by atoms with van der Waals surface area (Å²) in [5.74, 6) is -1.02. The molecule has 1 aromatic rings. The molecule has 2 rings (SSSR count). The van der Waals surface area contributed by atoms with E-state index in [1.54, 1.807) is 0 Å². The number of halogens is 1. The molecule has 0 spiro atoms. The van der Waals surface area contributed by atoms with Crippen LogP contribution in [0.2, 0.25) is 5.02 Å². The fraction of sp³-hybridized carbons (Fsp3) is 0.462. The number of hydrogen-bond acceptors (Lipinski definition) is 4. The third-order valence-electron chi connectivity index (χ3n) is 3.29. The van der Waals surface area contributed by atoms with Crippen LogP contribution in [0.3, 0.4) is 0 Å². The van der Waals surface area contributed by atoms with Crippen molar-refractivity contribution in [2.75, 3.05) is 19.7 Å². The van der Waals surface area contributed by atoms with E-state index in [-0.39, 0.29) is 17.6 Å². The number of aliphatic carboxylic acids is 1. The highest BCUT2D eigenvalue weighted by Gasteiger charge is 2.29. The predicted molar refractivity (Wildman–Crippen MR) is 76.8 cm³/mol. The summed E-state index contributed by atoms with van der Waals surface area (Å²) >= 11 is 5.75. The van der Waals surface area contributed by atoms with Crippen molar-refractivity contribution in [3.05, 3.63) is 29.3 Å². The van der Waals surface area contributed by atoms with Gasteiger partial charge in [0.1, 0.15) is 6.61 Å². The Morgan fingerprint density at radius 1 is 1.29 bits per heavy atom. The topological polar surface area (TPSA) is 83.9 Å². The number of ether oxygens (including phenoxy) is 1. The summed E-state index contributed by atoms with van der Waals surface area (Å²) in [6.07, 6.45) is 0.762. The number of benzene rings is 1. The summed E-state index contributed by atoms with van der Waals surface area (Å²) in [5.41, 5.74) is 0. The van der Waals surface area contributed by atoms with E-state index in [1.165, 1.54) is 28.6 Å². The van der Waals surface area contributed by atoms with Crippen molar-refractivity contribution >= 4 is 27.6 Å². The Morgan fingerprint density at radius 2 is 1.86 bits per heavy atom. The molecule has 0 aromatic heterocycles. The van der Waals surface area contributed by atoms with Gasteiger partial charge in [0.05, 0.1) is 11.0 Å². The number of rotatable bonds is 5. The van der Waals surface area contributed by atoms with E-state index in [9.17, 15) is 13.2 Å². The highest BCUT2D eigenvalue weighted by Crippen LogP contribution is 2.23. The van der Waals surface area contributed by atoms with E-state index in [4.69, 9.17) is 21.4 Å². The molecular formula is C13H16ClNO5S. The zero-order chi connectivity index (χ0) is 15.5. The minimum absolute atomic E-state index is 0.205. The zero-order valence-corrected chi connectivity index (χ0v) is 12.8. The summed E-state index contributed by atoms with van der Waals surface area (Å²) in [5, 5.41) is 9.04. The van der Waals surface area contributed by atoms with Gasteiger partial charge in [-0.25, -0.2) is 13.2 Å². The highest BCUT2D eigenvalue weighted by atomic mass is 35.5. The van der Waals surface area contributed by atoms with Gasteiger partial charge in [-0.05, 0) is 37.1 Å². The molecule has 0 bridgehead atoms. The Kier molecular flexibility index (Phi) is 5.21. The molecule has 0 saturated carbocycles. The SMILES string of the molecule is O=C(O)COC1CCN(S(=O)(=O)c2ccc(Cl)cc2)CC1. The van der Waals surface area contributed by atoms with Crippen LogP contribution in [0, 0.1) is 0 Å². The number of piperidine rings is 1. The molecule has 1 aliphatic rings. The number of sulfonamides is 1. The average molecular weight is 334 g/mol. The van der Waals surface area contributed by atoms with Crippen LogP contribution in [0.1, 0.15) is 12.8 Å². The van der Waals surface area contributed by atoms with Crippen LogP contribution in [-0.2, 0) is 19.6 Å². The predicted octanol–water partition coefficient (Wildman–Crippen LogP) is 1.59. The Bertz CT molecular complexity index is 593. The van der Waals surface area contributed by atoms with Gasteiger partial charge in [0, 0.05) is 18.1 Å². The molecule has 116 valence electrons. The van der Waals surface area contributed by atoms with Crippen molar-refractivity contribution in [1.82, 2.24) is 4.31 Å². The molecule has 0 aliphatic carbocycles. The number of carbonyl (C=O) groups is 1. The minimum Gasteiger partial charge on any atom is -0.480 e. The molecule has 1 saturated heterocycles. The van der Waals surface area contributed by atoms with E-state index in [0.717, 1.165) is 0 Å². The van der Waals surface area contributed by atoms with Gasteiger partial charge in [0.25, 0.3) is 0 Å². The van der Waals surface area contributed by atoms with Crippen LogP contribution < -0.4 is 0 Å². The first-order valence-corrected chi connectivity index (χ1v) is 8.30. The Balaban J connectivity index is 1.97. The van der Waals surface area contributed by atoms with Crippen LogP contribution in [0.25, 0.3) is 0 Å². The van der Waals surface area contributed by atoms with E-state index < -0.39 is 16.0 Å². The van der Waals surface area contributed by atoms with E-state index in [1.807, 2.05) is 0 Å². The second-order valence-corrected chi connectivity index (χ2v) is 7.14. The highest BCUT2D eigenvalue weighted by molar-refractivity contribution is 7.89. The maximum atomic E-state index is 12.4. The Morgan fingerprint density at radius 3 is 2.38 bits per heavy atom. The molecule has 1 aromatic carbocycles. The molecule has 8 heteroatoms. The van der Waals surface area contributed by atoms with Gasteiger partial charge >= 0.3 is 5.97 Å². The fourth-order valence-corrected chi connectivity index (χ4v) is 3.78. The van der Waals surface area contributed by atoms with Gasteiger partial charge in [-0.1, -0.05) is 11.6 Å². The molecular weight excluding hydrogens is 318 g/mol. The van der Waals surface area contributed by atoms with Crippen LogP contribution in [-0.4, -0.2) is 49.6 Å². The van der Waals surface area contributed by atoms with E-state index in [0.29, 0.717) is 31.0 Å². The fourth-order valence-electron chi connectivity index (χ4n) is 2.18. The third-order valence-corrected chi connectivity index (χ3v) is 5.46. The molecule has 0 amide bonds. The van der Waals surface area contributed by atoms with Gasteiger partial charge in [-0.3, -0.25) is 0 Å². The summed E-state index contributed by atoms with van der Waals surface area (Å²) in [6.45, 7) is 0.277. The first-order valence-electron chi connectivity index (χ1n) is 6.48. The molecule has 1 aliphatic heterocycles. The number of carboxylic acid groups (broad SMARTS) is 1. The zero-order valence-electron chi connectivity index (χ0n) is 11.2. The summed E-state index contributed by atoms with van der Waals surface area (Å²) in [7, 11) is -3.53. The molecule has 1 N–H and O–H groups in total. The monoisotopic (exact) mass is 333 g/mol. The lowest BCUT2D eigenvalue weighted by Crippen LogP contribution is -2.41. The van der Waals surface area contributed by atoms with Gasteiger partial charge in [-0.2, -0.15) is 4.31 Å². The van der Waals surface area contributed by atoms with Gasteiger partial charge in [-0.15, -0.1) is 0 Å². The van der Waals surface area contributed by atoms with Crippen molar-refractivity contribution < 1.29 is 23.1 Å². The quantitative estimate of drug-likeness (QED) is 0.884. The Hall–Kier alpha value is -1.15. The Labute approximate surface area is 128 Å². The molecule has 0 radical (unpaired) electrons. The number of carboxylic acids is 1. The van der Waals surface area contributed by atoms with E-state index in [2.05, 4.69) is 0 Å². The first-order chi connectivity index (χ1) is 9.89. The largest absolute Gasteiger partial charge is 0.480 e. The smallest absolute Gasteiger partial charge is 0.329 e. The molecule has 0 unspecified atom stereocenters. The van der Waals surface area contributed by atoms with Crippen LogP contribution in [0.15, 0.2) is 29.2 Å². The van der Waals surface area contributed by atoms with Gasteiger partial charge in [0.15, 0.2) is 0 Å². The van der Waals surface area contributed by atoms with Crippen LogP contribution >= 0.6 is 11.6 Å². The molecule has 6 nitrogen and oxygen atoms in total. The van der Waals surface area contributed by atoms with Crippen molar-refractivity contribution in [2.45, 2.75) is 23.8 Å². The van der Waals surface area contributed by atoms with Crippen LogP contribution in [0.5, 0.6) is 0 Å². The van der Waals surface area contributed by atoms with Crippen molar-refractivity contribution in [2.24, 2.45) is 0 Å². The number of hydrogen-bond donors (Lipinski definition) is 1.